The van der Waals surface area contributed by atoms with E-state index in [1.165, 1.54) is 18.3 Å². The highest BCUT2D eigenvalue weighted by Gasteiger charge is 2.38. The van der Waals surface area contributed by atoms with Crippen molar-refractivity contribution in [3.05, 3.63) is 83.2 Å². The third-order valence-electron chi connectivity index (χ3n) is 4.81. The van der Waals surface area contributed by atoms with E-state index in [-0.39, 0.29) is 5.69 Å². The average molecular weight is 440 g/mol. The van der Waals surface area contributed by atoms with E-state index in [4.69, 9.17) is 0 Å². The minimum absolute atomic E-state index is 0.309. The highest BCUT2D eigenvalue weighted by molar-refractivity contribution is 6.39. The van der Waals surface area contributed by atoms with Gasteiger partial charge in [0.05, 0.1) is 23.1 Å². The second-order valence-corrected chi connectivity index (χ2v) is 7.01. The number of urea groups is 1. The number of carbonyl (C=O) groups excluding carboxylic acids is 3. The minimum atomic E-state index is -4.66. The number of nitrogens with one attached hydrogen (secondary N) is 1. The van der Waals surface area contributed by atoms with Crippen molar-refractivity contribution in [2.24, 2.45) is 0 Å². The third-order valence-corrected chi connectivity index (χ3v) is 4.81. The Morgan fingerprint density at radius 1 is 1.03 bits per heavy atom. The number of aryl methyl sites for hydroxylation is 1. The Morgan fingerprint density at radius 2 is 1.78 bits per heavy atom. The zero-order valence-electron chi connectivity index (χ0n) is 16.6. The van der Waals surface area contributed by atoms with Crippen LogP contribution in [0.3, 0.4) is 0 Å². The van der Waals surface area contributed by atoms with Crippen LogP contribution in [0, 0.1) is 6.92 Å². The van der Waals surface area contributed by atoms with Crippen LogP contribution in [0.2, 0.25) is 0 Å². The van der Waals surface area contributed by atoms with Gasteiger partial charge < -0.3 is 0 Å². The summed E-state index contributed by atoms with van der Waals surface area (Å²) < 4.78 is 40.7. The fourth-order valence-corrected chi connectivity index (χ4v) is 3.24. The molecule has 0 unspecified atom stereocenters. The Bertz CT molecular complexity index is 1280. The van der Waals surface area contributed by atoms with Crippen molar-refractivity contribution in [2.75, 3.05) is 4.90 Å². The van der Waals surface area contributed by atoms with Crippen molar-refractivity contribution < 1.29 is 27.6 Å². The van der Waals surface area contributed by atoms with Crippen LogP contribution in [0.15, 0.2) is 66.5 Å². The molecule has 3 aromatic rings. The predicted octanol–water partition coefficient (Wildman–Crippen LogP) is 3.87. The molecule has 1 saturated heterocycles. The number of para-hydroxylation sites is 1. The number of amides is 4. The smallest absolute Gasteiger partial charge is 0.273 e. The van der Waals surface area contributed by atoms with Crippen LogP contribution in [-0.2, 0) is 15.8 Å². The Balaban J connectivity index is 1.69. The average Bonchev–Trinajstić information content (AvgIpc) is 3.19. The van der Waals surface area contributed by atoms with Gasteiger partial charge in [0.1, 0.15) is 5.57 Å². The van der Waals surface area contributed by atoms with E-state index < -0.39 is 35.2 Å². The summed E-state index contributed by atoms with van der Waals surface area (Å²) in [7, 11) is 0. The topological polar surface area (TPSA) is 84.3 Å². The van der Waals surface area contributed by atoms with Gasteiger partial charge in [-0.2, -0.15) is 18.3 Å². The number of carbonyl (C=O) groups is 3. The maximum atomic E-state index is 13.0. The summed E-state index contributed by atoms with van der Waals surface area (Å²) in [6, 6.07) is 10.0. The standard InChI is InChI=1S/C22H15F3N4O3/c1-13-5-2-3-8-18(13)28-12-14(11-26-28)9-17-19(30)27-21(32)29(20(17)31)16-7-4-6-15(10-16)22(23,24)25/h2-12H,1H3,(H,27,30,32)/b17-9-. The quantitative estimate of drug-likeness (QED) is 0.495. The van der Waals surface area contributed by atoms with E-state index in [0.29, 0.717) is 16.5 Å². The van der Waals surface area contributed by atoms with Crippen molar-refractivity contribution in [3.8, 4) is 5.69 Å². The number of nitrogens with zero attached hydrogens (tertiary/aromatic N) is 3. The van der Waals surface area contributed by atoms with E-state index in [2.05, 4.69) is 5.10 Å². The van der Waals surface area contributed by atoms with Gasteiger partial charge in [-0.05, 0) is 42.8 Å². The molecule has 2 aromatic carbocycles. The lowest BCUT2D eigenvalue weighted by atomic mass is 10.1. The Hall–Kier alpha value is -4.21. The summed E-state index contributed by atoms with van der Waals surface area (Å²) >= 11 is 0. The Kier molecular flexibility index (Phi) is 5.13. The molecule has 162 valence electrons. The van der Waals surface area contributed by atoms with Crippen LogP contribution >= 0.6 is 0 Å². The molecule has 0 atom stereocenters. The van der Waals surface area contributed by atoms with Gasteiger partial charge in [-0.3, -0.25) is 14.9 Å². The zero-order valence-corrected chi connectivity index (χ0v) is 16.6. The summed E-state index contributed by atoms with van der Waals surface area (Å²) in [4.78, 5) is 38.0. The van der Waals surface area contributed by atoms with E-state index in [1.807, 2.05) is 36.5 Å². The van der Waals surface area contributed by atoms with Gasteiger partial charge in [0.2, 0.25) is 0 Å². The zero-order chi connectivity index (χ0) is 23.0. The molecule has 0 spiro atoms. The van der Waals surface area contributed by atoms with Crippen LogP contribution < -0.4 is 10.2 Å². The van der Waals surface area contributed by atoms with E-state index in [9.17, 15) is 27.6 Å². The second-order valence-electron chi connectivity index (χ2n) is 7.01. The molecule has 32 heavy (non-hydrogen) atoms. The fraction of sp³-hybridized carbons (Fsp3) is 0.0909. The minimum Gasteiger partial charge on any atom is -0.273 e. The van der Waals surface area contributed by atoms with E-state index >= 15 is 0 Å². The lowest BCUT2D eigenvalue weighted by molar-refractivity contribution is -0.137. The monoisotopic (exact) mass is 440 g/mol. The molecule has 7 nitrogen and oxygen atoms in total. The number of benzene rings is 2. The number of rotatable bonds is 3. The first-order chi connectivity index (χ1) is 15.1. The third kappa shape index (κ3) is 3.89. The van der Waals surface area contributed by atoms with Gasteiger partial charge >= 0.3 is 12.2 Å². The molecule has 0 saturated carbocycles. The van der Waals surface area contributed by atoms with Crippen molar-refractivity contribution in [2.45, 2.75) is 13.1 Å². The van der Waals surface area contributed by atoms with Crippen molar-refractivity contribution >= 4 is 29.6 Å². The molecule has 4 amide bonds. The number of halogens is 3. The van der Waals surface area contributed by atoms with Crippen LogP contribution in [0.5, 0.6) is 0 Å². The fourth-order valence-electron chi connectivity index (χ4n) is 3.24. The summed E-state index contributed by atoms with van der Waals surface area (Å²) in [5.41, 5.74) is 0.380. The van der Waals surface area contributed by atoms with E-state index in [1.54, 1.807) is 10.9 Å². The number of aromatic nitrogens is 2. The number of alkyl halides is 3. The van der Waals surface area contributed by atoms with Gasteiger partial charge in [0.15, 0.2) is 0 Å². The van der Waals surface area contributed by atoms with Crippen LogP contribution in [-0.4, -0.2) is 27.6 Å². The first-order valence-electron chi connectivity index (χ1n) is 9.34. The molecule has 0 bridgehead atoms. The maximum Gasteiger partial charge on any atom is 0.416 e. The first-order valence-corrected chi connectivity index (χ1v) is 9.34. The maximum absolute atomic E-state index is 13.0. The van der Waals surface area contributed by atoms with Gasteiger partial charge in [-0.1, -0.05) is 24.3 Å². The van der Waals surface area contributed by atoms with Gasteiger partial charge in [-0.25, -0.2) is 14.4 Å². The number of anilines is 1. The number of barbiturate groups is 1. The van der Waals surface area contributed by atoms with Crippen molar-refractivity contribution in [1.29, 1.82) is 0 Å². The number of hydrogen-bond donors (Lipinski definition) is 1. The lowest BCUT2D eigenvalue weighted by Gasteiger charge is -2.26. The molecular formula is C22H15F3N4O3. The second kappa shape index (κ2) is 7.80. The number of hydrogen-bond acceptors (Lipinski definition) is 4. The summed E-state index contributed by atoms with van der Waals surface area (Å²) in [6.45, 7) is 1.89. The molecule has 4 rings (SSSR count). The molecule has 1 aromatic heterocycles. The van der Waals surface area contributed by atoms with Gasteiger partial charge in [-0.15, -0.1) is 0 Å². The lowest BCUT2D eigenvalue weighted by Crippen LogP contribution is -2.54. The molecule has 0 aliphatic carbocycles. The van der Waals surface area contributed by atoms with Gasteiger partial charge in [0, 0.05) is 11.8 Å². The Labute approximate surface area is 179 Å². The van der Waals surface area contributed by atoms with Crippen LogP contribution in [0.4, 0.5) is 23.7 Å². The van der Waals surface area contributed by atoms with Gasteiger partial charge in [0.25, 0.3) is 11.8 Å². The number of imide groups is 2. The summed E-state index contributed by atoms with van der Waals surface area (Å²) in [5, 5.41) is 6.20. The highest BCUT2D eigenvalue weighted by atomic mass is 19.4. The molecule has 2 heterocycles. The predicted molar refractivity (Wildman–Crippen MR) is 109 cm³/mol. The van der Waals surface area contributed by atoms with Crippen molar-refractivity contribution in [3.63, 3.8) is 0 Å². The largest absolute Gasteiger partial charge is 0.416 e. The van der Waals surface area contributed by atoms with Crippen LogP contribution in [0.25, 0.3) is 11.8 Å². The van der Waals surface area contributed by atoms with E-state index in [0.717, 1.165) is 23.4 Å². The SMILES string of the molecule is Cc1ccccc1-n1cc(/C=C2/C(=O)NC(=O)N(c3cccc(C(F)(F)F)c3)C2=O)cn1. The summed E-state index contributed by atoms with van der Waals surface area (Å²) in [5.74, 6) is -1.99. The van der Waals surface area contributed by atoms with Crippen LogP contribution in [0.1, 0.15) is 16.7 Å². The molecule has 1 fully saturated rings. The molecule has 1 aliphatic rings. The highest BCUT2D eigenvalue weighted by Crippen LogP contribution is 2.32. The molecule has 0 radical (unpaired) electrons. The Morgan fingerprint density at radius 3 is 2.50 bits per heavy atom. The first kappa shape index (κ1) is 21.0. The molecule has 10 heteroatoms. The molecule has 1 N–H and O–H groups in total. The van der Waals surface area contributed by atoms with Crippen molar-refractivity contribution in [1.82, 2.24) is 15.1 Å². The molecule has 1 aliphatic heterocycles. The normalized spacial score (nSPS) is 15.9. The molecular weight excluding hydrogens is 425 g/mol. The summed E-state index contributed by atoms with van der Waals surface area (Å²) in [6.07, 6.45) is -0.428.